The fraction of sp³-hybridized carbons (Fsp3) is 1.00. The molecule has 0 aliphatic rings. The Bertz CT molecular complexity index is 168. The van der Waals surface area contributed by atoms with Gasteiger partial charge >= 0.3 is 0 Å². The standard InChI is InChI=1S/C7H16ClN3O3/c1-10(5-3-2-4-6-12)11(13)9-14-7-8/h12H,2-7H2,1H3/b11-9-. The second-order valence-electron chi connectivity index (χ2n) is 2.74. The second kappa shape index (κ2) is 8.83. The number of hydrogen-bond donors (Lipinski definition) is 1. The van der Waals surface area contributed by atoms with E-state index in [2.05, 4.69) is 10.1 Å². The molecule has 0 aromatic carbocycles. The molecular weight excluding hydrogens is 210 g/mol. The molecule has 0 aliphatic carbocycles. The monoisotopic (exact) mass is 225 g/mol. The first-order chi connectivity index (χ1) is 6.72. The summed E-state index contributed by atoms with van der Waals surface area (Å²) in [5.41, 5.74) is 0. The highest BCUT2D eigenvalue weighted by Gasteiger charge is 2.05. The summed E-state index contributed by atoms with van der Waals surface area (Å²) in [6, 6.07) is -0.142. The Morgan fingerprint density at radius 3 is 2.79 bits per heavy atom. The number of unbranched alkanes of at least 4 members (excludes halogenated alkanes) is 2. The molecule has 0 aromatic heterocycles. The molecule has 0 aliphatic heterocycles. The Morgan fingerprint density at radius 1 is 1.50 bits per heavy atom. The molecule has 0 saturated carbocycles. The second-order valence-corrected chi connectivity index (χ2v) is 2.96. The van der Waals surface area contributed by atoms with Crippen LogP contribution < -0.4 is 0 Å². The number of hydrogen-bond acceptors (Lipinski definition) is 4. The summed E-state index contributed by atoms with van der Waals surface area (Å²) in [5.74, 6) is 0. The maximum absolute atomic E-state index is 11.0. The predicted molar refractivity (Wildman–Crippen MR) is 51.4 cm³/mol. The number of aliphatic hydroxyl groups excluding tert-OH is 1. The van der Waals surface area contributed by atoms with E-state index in [4.69, 9.17) is 16.7 Å². The summed E-state index contributed by atoms with van der Waals surface area (Å²) in [5, 5.41) is 24.1. The minimum atomic E-state index is -0.142. The van der Waals surface area contributed by atoms with Crippen LogP contribution in [0, 0.1) is 5.21 Å². The molecule has 0 saturated heterocycles. The van der Waals surface area contributed by atoms with Crippen LogP contribution in [0.15, 0.2) is 5.28 Å². The maximum Gasteiger partial charge on any atom is 0.234 e. The van der Waals surface area contributed by atoms with Crippen LogP contribution >= 0.6 is 11.6 Å². The normalized spacial score (nSPS) is 11.5. The van der Waals surface area contributed by atoms with Gasteiger partial charge in [0.25, 0.3) is 0 Å². The molecule has 6 nitrogen and oxygen atoms in total. The van der Waals surface area contributed by atoms with Gasteiger partial charge in [-0.2, -0.15) is 0 Å². The fourth-order valence-electron chi connectivity index (χ4n) is 0.848. The minimum Gasteiger partial charge on any atom is -0.569 e. The summed E-state index contributed by atoms with van der Waals surface area (Å²) in [6.45, 7) is 0.753. The van der Waals surface area contributed by atoms with Crippen LogP contribution in [0.2, 0.25) is 0 Å². The molecule has 0 radical (unpaired) electrons. The number of alkyl halides is 1. The van der Waals surface area contributed by atoms with Crippen LogP contribution in [0.25, 0.3) is 0 Å². The van der Waals surface area contributed by atoms with Gasteiger partial charge in [0.2, 0.25) is 5.28 Å². The van der Waals surface area contributed by atoms with Crippen LogP contribution in [-0.4, -0.2) is 41.4 Å². The number of aliphatic hydroxyl groups is 1. The zero-order chi connectivity index (χ0) is 10.8. The Morgan fingerprint density at radius 2 is 2.21 bits per heavy atom. The molecule has 1 N–H and O–H groups in total. The van der Waals surface area contributed by atoms with Gasteiger partial charge in [0, 0.05) is 6.61 Å². The van der Waals surface area contributed by atoms with Crippen molar-refractivity contribution in [2.45, 2.75) is 19.3 Å². The average Bonchev–Trinajstić information content (AvgIpc) is 2.20. The Balaban J connectivity index is 3.56. The molecule has 0 spiro atoms. The van der Waals surface area contributed by atoms with Gasteiger partial charge in [0.1, 0.15) is 0 Å². The van der Waals surface area contributed by atoms with Crippen molar-refractivity contribution >= 4 is 11.6 Å². The van der Waals surface area contributed by atoms with Crippen molar-refractivity contribution < 1.29 is 14.9 Å². The maximum atomic E-state index is 11.0. The van der Waals surface area contributed by atoms with Gasteiger partial charge in [-0.3, -0.25) is 0 Å². The van der Waals surface area contributed by atoms with Crippen LogP contribution in [0.5, 0.6) is 0 Å². The third kappa shape index (κ3) is 6.73. The average molecular weight is 226 g/mol. The minimum absolute atomic E-state index is 0.142. The molecule has 0 bridgehead atoms. The van der Waals surface area contributed by atoms with E-state index in [-0.39, 0.29) is 12.7 Å². The van der Waals surface area contributed by atoms with Gasteiger partial charge in [0.05, 0.1) is 18.6 Å². The quantitative estimate of drug-likeness (QED) is 0.221. The molecule has 84 valence electrons. The lowest BCUT2D eigenvalue weighted by atomic mass is 10.2. The molecular formula is C7H16ClN3O3. The van der Waals surface area contributed by atoms with Crippen molar-refractivity contribution in [3.8, 4) is 0 Å². The number of nitrogens with zero attached hydrogens (tertiary/aromatic N) is 3. The summed E-state index contributed by atoms with van der Waals surface area (Å²) >= 11 is 5.17. The third-order valence-corrected chi connectivity index (χ3v) is 1.71. The number of halogens is 1. The van der Waals surface area contributed by atoms with E-state index in [9.17, 15) is 5.21 Å². The third-order valence-electron chi connectivity index (χ3n) is 1.61. The number of rotatable bonds is 8. The smallest absolute Gasteiger partial charge is 0.234 e. The van der Waals surface area contributed by atoms with Crippen molar-refractivity contribution in [1.82, 2.24) is 5.01 Å². The SMILES string of the molecule is CN(CCCCCO)/[N+]([O-])=N/OCCl. The molecule has 0 aromatic rings. The van der Waals surface area contributed by atoms with Gasteiger partial charge in [-0.15, -0.1) is 5.01 Å². The predicted octanol–water partition coefficient (Wildman–Crippen LogP) is 1.09. The lowest BCUT2D eigenvalue weighted by molar-refractivity contribution is -0.705. The van der Waals surface area contributed by atoms with E-state index in [0.29, 0.717) is 11.5 Å². The lowest BCUT2D eigenvalue weighted by Crippen LogP contribution is -2.27. The molecule has 0 amide bonds. The zero-order valence-electron chi connectivity index (χ0n) is 8.23. The highest BCUT2D eigenvalue weighted by Crippen LogP contribution is 1.97. The highest BCUT2D eigenvalue weighted by molar-refractivity contribution is 6.17. The lowest BCUT2D eigenvalue weighted by Gasteiger charge is -2.11. The van der Waals surface area contributed by atoms with Crippen molar-refractivity contribution in [2.24, 2.45) is 5.28 Å². The molecule has 14 heavy (non-hydrogen) atoms. The van der Waals surface area contributed by atoms with Crippen molar-refractivity contribution in [2.75, 3.05) is 26.3 Å². The Kier molecular flexibility index (Phi) is 8.36. The summed E-state index contributed by atoms with van der Waals surface area (Å²) in [4.78, 5) is 4.71. The fourth-order valence-corrected chi connectivity index (χ4v) is 0.892. The molecule has 0 heterocycles. The van der Waals surface area contributed by atoms with E-state index in [1.54, 1.807) is 7.05 Å². The topological polar surface area (TPSA) is 71.1 Å². The first-order valence-electron chi connectivity index (χ1n) is 4.40. The van der Waals surface area contributed by atoms with Crippen LogP contribution in [0.1, 0.15) is 19.3 Å². The van der Waals surface area contributed by atoms with Crippen molar-refractivity contribution in [1.29, 1.82) is 0 Å². The number of hydrazine groups is 1. The van der Waals surface area contributed by atoms with Crippen LogP contribution in [0.4, 0.5) is 0 Å². The molecule has 0 fully saturated rings. The van der Waals surface area contributed by atoms with Crippen molar-refractivity contribution in [3.05, 3.63) is 5.21 Å². The van der Waals surface area contributed by atoms with Gasteiger partial charge in [-0.25, -0.2) is 0 Å². The largest absolute Gasteiger partial charge is 0.569 e. The van der Waals surface area contributed by atoms with E-state index in [1.165, 1.54) is 5.01 Å². The van der Waals surface area contributed by atoms with E-state index >= 15 is 0 Å². The van der Waals surface area contributed by atoms with Gasteiger partial charge in [-0.05, 0) is 19.3 Å². The zero-order valence-corrected chi connectivity index (χ0v) is 8.98. The van der Waals surface area contributed by atoms with Crippen molar-refractivity contribution in [3.63, 3.8) is 0 Å². The van der Waals surface area contributed by atoms with Gasteiger partial charge in [-0.1, -0.05) is 11.6 Å². The highest BCUT2D eigenvalue weighted by atomic mass is 35.5. The summed E-state index contributed by atoms with van der Waals surface area (Å²) in [7, 11) is 1.60. The van der Waals surface area contributed by atoms with E-state index < -0.39 is 0 Å². The van der Waals surface area contributed by atoms with Gasteiger partial charge < -0.3 is 15.2 Å². The molecule has 7 heteroatoms. The van der Waals surface area contributed by atoms with Crippen LogP contribution in [-0.2, 0) is 4.84 Å². The summed E-state index contributed by atoms with van der Waals surface area (Å²) in [6.07, 6.45) is 2.46. The Hall–Kier alpha value is -0.750. The molecule has 0 atom stereocenters. The van der Waals surface area contributed by atoms with E-state index in [0.717, 1.165) is 19.3 Å². The first-order valence-corrected chi connectivity index (χ1v) is 4.94. The van der Waals surface area contributed by atoms with E-state index in [1.807, 2.05) is 0 Å². The summed E-state index contributed by atoms with van der Waals surface area (Å²) < 4.78 is 0. The van der Waals surface area contributed by atoms with Gasteiger partial charge in [0.15, 0.2) is 6.07 Å². The molecule has 0 unspecified atom stereocenters. The Labute approximate surface area is 88.2 Å². The van der Waals surface area contributed by atoms with Crippen LogP contribution in [0.3, 0.4) is 0 Å². The molecule has 0 rings (SSSR count). The first kappa shape index (κ1) is 13.2.